The predicted molar refractivity (Wildman–Crippen MR) is 210 cm³/mol. The Morgan fingerprint density at radius 1 is 0.804 bits per heavy atom. The lowest BCUT2D eigenvalue weighted by Crippen LogP contribution is -2.26. The van der Waals surface area contributed by atoms with Gasteiger partial charge in [0.05, 0.1) is 18.1 Å². The second-order valence-corrected chi connectivity index (χ2v) is 14.4. The number of para-hydroxylation sites is 3. The molecule has 3 aromatic carbocycles. The first-order valence-electron chi connectivity index (χ1n) is 18.2. The highest BCUT2D eigenvalue weighted by atomic mass is 35.5. The number of fused-ring (bicyclic) bond motifs is 2. The van der Waals surface area contributed by atoms with E-state index in [4.69, 9.17) is 20.6 Å². The van der Waals surface area contributed by atoms with Crippen molar-refractivity contribution in [3.8, 4) is 5.75 Å². The lowest BCUT2D eigenvalue weighted by Gasteiger charge is -2.13. The molecule has 5 aromatic rings. The van der Waals surface area contributed by atoms with Gasteiger partial charge in [0, 0.05) is 53.8 Å². The number of aromatic nitrogens is 2. The van der Waals surface area contributed by atoms with E-state index in [1.165, 1.54) is 42.2 Å². The summed E-state index contributed by atoms with van der Waals surface area (Å²) in [5.74, 6) is 0.112. The number of hydrogen-bond acceptors (Lipinski definition) is 5. The molecule has 1 atom stereocenters. The third kappa shape index (κ3) is 12.3. The molecule has 1 amide bonds. The third-order valence-electron chi connectivity index (χ3n) is 9.05. The molecule has 2 N–H and O–H groups in total. The van der Waals surface area contributed by atoms with E-state index >= 15 is 0 Å². The number of phosphoric acid groups is 1. The summed E-state index contributed by atoms with van der Waals surface area (Å²) < 4.78 is 26.8. The van der Waals surface area contributed by atoms with Crippen LogP contribution in [0.4, 0.5) is 0 Å². The number of halogens is 1. The van der Waals surface area contributed by atoms with Crippen LogP contribution in [0.3, 0.4) is 0 Å². The number of unbranched alkanes of at least 4 members (excludes halogenated alkanes) is 3. The van der Waals surface area contributed by atoms with E-state index < -0.39 is 7.82 Å². The minimum atomic E-state index is -4.24. The van der Waals surface area contributed by atoms with E-state index in [1.54, 1.807) is 18.2 Å². The fraction of sp³-hybridized carbons (Fsp3) is 0.425. The molecule has 51 heavy (non-hydrogen) atoms. The molecule has 11 heteroatoms. The molecule has 1 unspecified atom stereocenters. The van der Waals surface area contributed by atoms with Gasteiger partial charge < -0.3 is 23.9 Å². The average molecular weight is 737 g/mol. The summed E-state index contributed by atoms with van der Waals surface area (Å²) in [6.45, 7) is 14.8. The van der Waals surface area contributed by atoms with Gasteiger partial charge in [-0.15, -0.1) is 0 Å². The van der Waals surface area contributed by atoms with Gasteiger partial charge in [0.2, 0.25) is 5.91 Å². The molecule has 9 nitrogen and oxygen atoms in total. The molecular weight excluding hydrogens is 683 g/mol. The molecule has 276 valence electrons. The monoisotopic (exact) mass is 736 g/mol. The lowest BCUT2D eigenvalue weighted by atomic mass is 10.1. The fourth-order valence-corrected chi connectivity index (χ4v) is 7.29. The molecule has 0 saturated carbocycles. The van der Waals surface area contributed by atoms with Crippen LogP contribution in [0.5, 0.6) is 5.75 Å². The maximum absolute atomic E-state index is 12.8. The predicted octanol–water partition coefficient (Wildman–Crippen LogP) is 9.41. The van der Waals surface area contributed by atoms with Crippen LogP contribution in [0.1, 0.15) is 64.0 Å². The van der Waals surface area contributed by atoms with Crippen molar-refractivity contribution in [1.82, 2.24) is 19.4 Å². The van der Waals surface area contributed by atoms with E-state index in [-0.39, 0.29) is 23.3 Å². The lowest BCUT2D eigenvalue weighted by molar-refractivity contribution is -0.120. The molecule has 5 rings (SSSR count). The fourth-order valence-electron chi connectivity index (χ4n) is 6.24. The highest BCUT2D eigenvalue weighted by Crippen LogP contribution is 2.45. The highest BCUT2D eigenvalue weighted by Gasteiger charge is 2.23. The molecule has 2 heterocycles. The third-order valence-corrected chi connectivity index (χ3v) is 10.3. The van der Waals surface area contributed by atoms with Gasteiger partial charge in [0.25, 0.3) is 0 Å². The van der Waals surface area contributed by atoms with Gasteiger partial charge in [0.15, 0.2) is 0 Å². The Balaban J connectivity index is 0.000000755. The molecule has 0 saturated heterocycles. The van der Waals surface area contributed by atoms with Gasteiger partial charge in [-0.1, -0.05) is 93.7 Å². The smallest absolute Gasteiger partial charge is 0.403 e. The second-order valence-electron chi connectivity index (χ2n) is 12.6. The van der Waals surface area contributed by atoms with Crippen LogP contribution in [0.25, 0.3) is 21.8 Å². The quantitative estimate of drug-likeness (QED) is 0.0648. The van der Waals surface area contributed by atoms with E-state index in [2.05, 4.69) is 95.8 Å². The molecule has 0 radical (unpaired) electrons. The number of amides is 1. The van der Waals surface area contributed by atoms with Gasteiger partial charge >= 0.3 is 7.82 Å². The molecule has 0 fully saturated rings. The standard InChI is InChI=1S/C34H39ClN3O5P.C6H15N/c1-26-24-37(31-16-7-4-13-28(26)31)20-12-21-38-25-27(29-14-5-8-17-32(29)38)23-34(39)36-19-10-2-3-11-22-42-44(40,41)43-33-18-9-6-15-30(33)35;1-4-7(5-2)6-3/h4-9,13-18,24-25H,2-3,10-12,19-23H2,1H3,(H,36,39)(H,40,41);4-6H2,1-3H3. The summed E-state index contributed by atoms with van der Waals surface area (Å²) in [7, 11) is -4.24. The Kier molecular flexibility index (Phi) is 16.1. The highest BCUT2D eigenvalue weighted by molar-refractivity contribution is 7.47. The van der Waals surface area contributed by atoms with Crippen LogP contribution in [0, 0.1) is 6.92 Å². The summed E-state index contributed by atoms with van der Waals surface area (Å²) in [5.41, 5.74) is 4.74. The Morgan fingerprint density at radius 3 is 2.06 bits per heavy atom. The Bertz CT molecular complexity index is 1860. The van der Waals surface area contributed by atoms with Gasteiger partial charge in [-0.3, -0.25) is 14.2 Å². The number of hydrogen-bond donors (Lipinski definition) is 2. The summed E-state index contributed by atoms with van der Waals surface area (Å²) in [6, 6.07) is 23.2. The number of aryl methyl sites for hydroxylation is 3. The number of nitrogens with one attached hydrogen (secondary N) is 1. The Morgan fingerprint density at radius 2 is 1.39 bits per heavy atom. The normalized spacial score (nSPS) is 12.5. The van der Waals surface area contributed by atoms with E-state index in [0.717, 1.165) is 55.2 Å². The maximum Gasteiger partial charge on any atom is 0.527 e. The Labute approximate surface area is 308 Å². The number of carbonyl (C=O) groups is 1. The van der Waals surface area contributed by atoms with E-state index in [0.29, 0.717) is 19.4 Å². The van der Waals surface area contributed by atoms with Crippen LogP contribution >= 0.6 is 19.4 Å². The zero-order valence-electron chi connectivity index (χ0n) is 30.5. The number of benzene rings is 3. The van der Waals surface area contributed by atoms with E-state index in [1.807, 2.05) is 12.1 Å². The van der Waals surface area contributed by atoms with Crippen molar-refractivity contribution in [3.05, 3.63) is 101 Å². The van der Waals surface area contributed by atoms with Gasteiger partial charge in [0.1, 0.15) is 5.75 Å². The van der Waals surface area contributed by atoms with E-state index in [9.17, 15) is 14.3 Å². The molecule has 2 aromatic heterocycles. The number of rotatable bonds is 19. The minimum Gasteiger partial charge on any atom is -0.403 e. The van der Waals surface area contributed by atoms with Gasteiger partial charge in [-0.2, -0.15) is 0 Å². The first-order chi connectivity index (χ1) is 24.7. The molecule has 0 aliphatic rings. The molecule has 0 aliphatic heterocycles. The largest absolute Gasteiger partial charge is 0.527 e. The van der Waals surface area contributed by atoms with Crippen molar-refractivity contribution in [2.24, 2.45) is 0 Å². The van der Waals surface area contributed by atoms with Crippen molar-refractivity contribution in [3.63, 3.8) is 0 Å². The summed E-state index contributed by atoms with van der Waals surface area (Å²) >= 11 is 5.97. The first kappa shape index (κ1) is 40.2. The zero-order chi connectivity index (χ0) is 36.6. The first-order valence-corrected chi connectivity index (χ1v) is 20.0. The summed E-state index contributed by atoms with van der Waals surface area (Å²) in [4.78, 5) is 25.1. The van der Waals surface area contributed by atoms with Crippen LogP contribution in [0.15, 0.2) is 85.2 Å². The maximum atomic E-state index is 12.8. The number of carbonyl (C=O) groups excluding carboxylic acids is 1. The van der Waals surface area contributed by atoms with Crippen molar-refractivity contribution in [1.29, 1.82) is 0 Å². The van der Waals surface area contributed by atoms with Gasteiger partial charge in [-0.05, 0) is 81.2 Å². The van der Waals surface area contributed by atoms with Crippen molar-refractivity contribution >= 4 is 47.1 Å². The van der Waals surface area contributed by atoms with Crippen LogP contribution in [0.2, 0.25) is 5.02 Å². The SMILES string of the molecule is CCN(CC)CC.Cc1cn(CCCn2cc(CC(=O)NCCCCCCOP(=O)(O)Oc3ccccc3Cl)c3ccccc32)c2ccccc12. The molecule has 0 bridgehead atoms. The second kappa shape index (κ2) is 20.4. The molecule has 0 spiro atoms. The van der Waals surface area contributed by atoms with Gasteiger partial charge in [-0.25, -0.2) is 4.57 Å². The van der Waals surface area contributed by atoms with Crippen molar-refractivity contribution in [2.75, 3.05) is 32.8 Å². The minimum absolute atomic E-state index is 0.00321. The zero-order valence-corrected chi connectivity index (χ0v) is 32.2. The summed E-state index contributed by atoms with van der Waals surface area (Å²) in [6.07, 6.45) is 8.75. The summed E-state index contributed by atoms with van der Waals surface area (Å²) in [5, 5.41) is 5.69. The molecule has 0 aliphatic carbocycles. The number of phosphoric ester groups is 1. The Hall–Kier alpha value is -3.59. The van der Waals surface area contributed by atoms with Crippen LogP contribution < -0.4 is 9.84 Å². The van der Waals surface area contributed by atoms with Crippen LogP contribution in [-0.2, 0) is 33.4 Å². The topological polar surface area (TPSA) is 98.0 Å². The average Bonchev–Trinajstić information content (AvgIpc) is 3.64. The molecular formula is C40H54ClN4O5P. The number of nitrogens with zero attached hydrogens (tertiary/aromatic N) is 3. The van der Waals surface area contributed by atoms with Crippen molar-refractivity contribution < 1.29 is 23.3 Å². The van der Waals surface area contributed by atoms with Crippen molar-refractivity contribution in [2.45, 2.75) is 79.3 Å². The van der Waals surface area contributed by atoms with Crippen LogP contribution in [-0.4, -0.2) is 57.6 Å².